The quantitative estimate of drug-likeness (QED) is 0.169. The van der Waals surface area contributed by atoms with Crippen molar-refractivity contribution < 1.29 is 0 Å². The molecule has 1 aromatic heterocycles. The zero-order valence-electron chi connectivity index (χ0n) is 33.2. The van der Waals surface area contributed by atoms with Crippen molar-refractivity contribution in [2.75, 3.05) is 4.90 Å². The van der Waals surface area contributed by atoms with Crippen LogP contribution in [0.25, 0.3) is 59.1 Å². The number of anilines is 2. The molecule has 0 aliphatic heterocycles. The van der Waals surface area contributed by atoms with Crippen LogP contribution < -0.4 is 4.90 Å². The maximum atomic E-state index is 2.61. The van der Waals surface area contributed by atoms with Crippen LogP contribution in [0.5, 0.6) is 0 Å². The highest BCUT2D eigenvalue weighted by atomic mass is 32.1. The summed E-state index contributed by atoms with van der Waals surface area (Å²) >= 11 is 1.97. The second kappa shape index (κ2) is 12.3. The molecule has 8 aromatic rings. The minimum atomic E-state index is -0.314. The molecule has 11 rings (SSSR count). The molecule has 0 N–H and O–H groups in total. The minimum absolute atomic E-state index is 0.0288. The van der Waals surface area contributed by atoms with Gasteiger partial charge in [-0.25, -0.2) is 0 Å². The van der Waals surface area contributed by atoms with Gasteiger partial charge in [0.15, 0.2) is 0 Å². The average molecular weight is 752 g/mol. The number of thiophene rings is 1. The Bertz CT molecular complexity index is 2990. The number of nitrogens with zero attached hydrogens (tertiary/aromatic N) is 1. The maximum Gasteiger partial charge on any atom is 0.0643 e. The van der Waals surface area contributed by atoms with Crippen molar-refractivity contribution in [1.29, 1.82) is 0 Å². The second-order valence-corrected chi connectivity index (χ2v) is 18.5. The van der Waals surface area contributed by atoms with E-state index in [0.717, 1.165) is 6.42 Å². The molecule has 0 fully saturated rings. The third-order valence-electron chi connectivity index (χ3n) is 13.4. The summed E-state index contributed by atoms with van der Waals surface area (Å²) in [4.78, 5) is 2.61. The van der Waals surface area contributed by atoms with Gasteiger partial charge in [-0.05, 0) is 98.8 Å². The van der Waals surface area contributed by atoms with Gasteiger partial charge in [0.05, 0.1) is 15.9 Å². The predicted molar refractivity (Wildman–Crippen MR) is 245 cm³/mol. The lowest BCUT2D eigenvalue weighted by atomic mass is 9.80. The summed E-state index contributed by atoms with van der Waals surface area (Å²) in [6.45, 7) is 11.9. The molecule has 1 atom stereocenters. The second-order valence-electron chi connectivity index (χ2n) is 17.5. The molecule has 1 heterocycles. The highest BCUT2D eigenvalue weighted by molar-refractivity contribution is 7.27. The van der Waals surface area contributed by atoms with Gasteiger partial charge in [-0.2, -0.15) is 0 Å². The van der Waals surface area contributed by atoms with E-state index in [1.54, 1.807) is 0 Å². The maximum absolute atomic E-state index is 2.61. The minimum Gasteiger partial charge on any atom is -0.331 e. The molecule has 2 heteroatoms. The molecule has 0 bridgehead atoms. The predicted octanol–water partition coefficient (Wildman–Crippen LogP) is 15.3. The first-order chi connectivity index (χ1) is 27.6. The van der Waals surface area contributed by atoms with Gasteiger partial charge in [0.1, 0.15) is 0 Å². The SMILES string of the molecule is CC1(C)c2ccccc2-c2ccc(C3=CCC(C)(N(c4ccc(-c5ccccc5)cc4)c4cccc5c4sc4c6c(ccc45)C(C)(C)c4ccccc4-6)C=C3)cc21. The topological polar surface area (TPSA) is 3.24 Å². The van der Waals surface area contributed by atoms with Gasteiger partial charge in [-0.3, -0.25) is 0 Å². The van der Waals surface area contributed by atoms with E-state index in [4.69, 9.17) is 0 Å². The zero-order chi connectivity index (χ0) is 38.7. The van der Waals surface area contributed by atoms with Crippen LogP contribution >= 0.6 is 11.3 Å². The van der Waals surface area contributed by atoms with Crippen LogP contribution in [-0.4, -0.2) is 5.54 Å². The fraction of sp³-hybridized carbons (Fsp3) is 0.164. The standard InChI is InChI=1S/C55H45NS/c1-53(2)46-20-12-10-17-44(46)50-47(53)29-28-43-42-18-13-21-49(51(42)57-52(43)50)56(39-25-22-36(23-26-39)35-14-7-6-8-15-35)55(5)32-30-37(31-33-55)38-24-27-41-40-16-9-11-19-45(40)54(3,4)48(41)34-38/h6-32,34H,33H2,1-5H3. The van der Waals surface area contributed by atoms with Crippen LogP contribution in [0.4, 0.5) is 11.4 Å². The summed E-state index contributed by atoms with van der Waals surface area (Å²) < 4.78 is 2.72. The van der Waals surface area contributed by atoms with E-state index in [2.05, 4.69) is 209 Å². The normalized spacial score (nSPS) is 18.2. The van der Waals surface area contributed by atoms with E-state index >= 15 is 0 Å². The van der Waals surface area contributed by atoms with E-state index < -0.39 is 0 Å². The number of fused-ring (bicyclic) bond motifs is 10. The van der Waals surface area contributed by atoms with Gasteiger partial charge in [-0.1, -0.05) is 173 Å². The molecule has 0 saturated carbocycles. The Morgan fingerprint density at radius 3 is 1.88 bits per heavy atom. The molecular formula is C55H45NS. The molecular weight excluding hydrogens is 707 g/mol. The Morgan fingerprint density at radius 2 is 1.12 bits per heavy atom. The molecule has 276 valence electrons. The first-order valence-electron chi connectivity index (χ1n) is 20.3. The number of hydrogen-bond acceptors (Lipinski definition) is 2. The van der Waals surface area contributed by atoms with E-state index in [1.165, 1.54) is 98.3 Å². The average Bonchev–Trinajstić information content (AvgIpc) is 3.82. The summed E-state index contributed by atoms with van der Waals surface area (Å²) in [5.74, 6) is 0. The Kier molecular flexibility index (Phi) is 7.38. The van der Waals surface area contributed by atoms with Gasteiger partial charge in [0.25, 0.3) is 0 Å². The van der Waals surface area contributed by atoms with Crippen molar-refractivity contribution in [3.8, 4) is 33.4 Å². The van der Waals surface area contributed by atoms with Crippen molar-refractivity contribution in [3.63, 3.8) is 0 Å². The molecule has 0 spiro atoms. The first-order valence-corrected chi connectivity index (χ1v) is 21.1. The largest absolute Gasteiger partial charge is 0.331 e. The van der Waals surface area contributed by atoms with E-state index in [1.807, 2.05) is 11.3 Å². The van der Waals surface area contributed by atoms with Crippen molar-refractivity contribution >= 4 is 48.5 Å². The fourth-order valence-corrected chi connectivity index (χ4v) is 11.7. The monoisotopic (exact) mass is 751 g/mol. The molecule has 1 nitrogen and oxygen atoms in total. The molecule has 0 amide bonds. The summed E-state index contributed by atoms with van der Waals surface area (Å²) in [5, 5.41) is 2.67. The summed E-state index contributed by atoms with van der Waals surface area (Å²) in [7, 11) is 0. The van der Waals surface area contributed by atoms with Crippen LogP contribution in [0.3, 0.4) is 0 Å². The highest BCUT2D eigenvalue weighted by Crippen LogP contribution is 2.56. The van der Waals surface area contributed by atoms with Gasteiger partial charge >= 0.3 is 0 Å². The Labute approximate surface area is 340 Å². The molecule has 57 heavy (non-hydrogen) atoms. The van der Waals surface area contributed by atoms with Crippen LogP contribution in [0.1, 0.15) is 68.9 Å². The fourth-order valence-electron chi connectivity index (χ4n) is 10.3. The van der Waals surface area contributed by atoms with Crippen LogP contribution in [0, 0.1) is 0 Å². The lowest BCUT2D eigenvalue weighted by Crippen LogP contribution is -2.42. The van der Waals surface area contributed by atoms with E-state index in [9.17, 15) is 0 Å². The molecule has 1 unspecified atom stereocenters. The van der Waals surface area contributed by atoms with Gasteiger partial charge in [0.2, 0.25) is 0 Å². The smallest absolute Gasteiger partial charge is 0.0643 e. The lowest BCUT2D eigenvalue weighted by molar-refractivity contribution is 0.573. The van der Waals surface area contributed by atoms with Crippen molar-refractivity contribution in [2.24, 2.45) is 0 Å². The molecule has 0 radical (unpaired) electrons. The van der Waals surface area contributed by atoms with Crippen molar-refractivity contribution in [3.05, 3.63) is 198 Å². The highest BCUT2D eigenvalue weighted by Gasteiger charge is 2.39. The number of rotatable bonds is 5. The summed E-state index contributed by atoms with van der Waals surface area (Å²) in [6.07, 6.45) is 8.18. The molecule has 0 saturated heterocycles. The molecule has 3 aliphatic rings. The van der Waals surface area contributed by atoms with Crippen LogP contribution in [-0.2, 0) is 10.8 Å². The first kappa shape index (κ1) is 34.3. The van der Waals surface area contributed by atoms with Crippen molar-refractivity contribution in [1.82, 2.24) is 0 Å². The van der Waals surface area contributed by atoms with Gasteiger partial charge in [-0.15, -0.1) is 11.3 Å². The van der Waals surface area contributed by atoms with Crippen LogP contribution in [0.2, 0.25) is 0 Å². The number of benzene rings is 7. The molecule has 3 aliphatic carbocycles. The lowest BCUT2D eigenvalue weighted by Gasteiger charge is -2.42. The third-order valence-corrected chi connectivity index (χ3v) is 14.7. The molecule has 7 aromatic carbocycles. The van der Waals surface area contributed by atoms with Gasteiger partial charge < -0.3 is 4.90 Å². The summed E-state index contributed by atoms with van der Waals surface area (Å²) in [6, 6.07) is 56.7. The van der Waals surface area contributed by atoms with Crippen LogP contribution in [0.15, 0.2) is 170 Å². The Morgan fingerprint density at radius 1 is 0.491 bits per heavy atom. The zero-order valence-corrected chi connectivity index (χ0v) is 34.0. The van der Waals surface area contributed by atoms with E-state index in [0.29, 0.717) is 0 Å². The van der Waals surface area contributed by atoms with Gasteiger partial charge in [0, 0.05) is 37.6 Å². The third kappa shape index (κ3) is 5.00. The Balaban J connectivity index is 1.04. The number of allylic oxidation sites excluding steroid dienone is 2. The van der Waals surface area contributed by atoms with E-state index in [-0.39, 0.29) is 16.4 Å². The number of hydrogen-bond donors (Lipinski definition) is 0. The van der Waals surface area contributed by atoms with Crippen molar-refractivity contribution in [2.45, 2.75) is 57.4 Å². The summed E-state index contributed by atoms with van der Waals surface area (Å²) in [5.41, 5.74) is 18.3. The Hall–Kier alpha value is -5.96.